The molecule has 0 aliphatic carbocycles. The lowest BCUT2D eigenvalue weighted by atomic mass is 9.97. The molecule has 0 atom stereocenters. The molecule has 6 heteroatoms. The van der Waals surface area contributed by atoms with E-state index in [4.69, 9.17) is 10.5 Å². The highest BCUT2D eigenvalue weighted by atomic mass is 127. The van der Waals surface area contributed by atoms with Gasteiger partial charge in [0.2, 0.25) is 0 Å². The maximum absolute atomic E-state index is 11.4. The predicted octanol–water partition coefficient (Wildman–Crippen LogP) is 0.824. The van der Waals surface area contributed by atoms with Crippen molar-refractivity contribution in [3.63, 3.8) is 0 Å². The maximum atomic E-state index is 11.4. The van der Waals surface area contributed by atoms with Gasteiger partial charge in [-0.2, -0.15) is 0 Å². The molecule has 0 aromatic rings. The number of halogens is 1. The third-order valence-electron chi connectivity index (χ3n) is 2.67. The van der Waals surface area contributed by atoms with E-state index in [1.165, 1.54) is 0 Å². The summed E-state index contributed by atoms with van der Waals surface area (Å²) >= 11 is 0. The largest absolute Gasteiger partial charge is 0.466 e. The maximum Gasteiger partial charge on any atom is 0.309 e. The van der Waals surface area contributed by atoms with Crippen LogP contribution in [0.25, 0.3) is 0 Å². The molecule has 16 heavy (non-hydrogen) atoms. The third kappa shape index (κ3) is 4.15. The summed E-state index contributed by atoms with van der Waals surface area (Å²) in [5.41, 5.74) is 5.69. The van der Waals surface area contributed by atoms with E-state index in [0.717, 1.165) is 25.9 Å². The first-order chi connectivity index (χ1) is 7.19. The quantitative estimate of drug-likeness (QED) is 0.350. The standard InChI is InChI=1S/C10H19N3O2.HI/c1-3-15-9(14)8-4-6-13(7-5-8)10(11)12-2;/h8H,3-7H2,1-2H3,(H2,11,12);1H. The second kappa shape index (κ2) is 7.70. The summed E-state index contributed by atoms with van der Waals surface area (Å²) in [6.45, 7) is 3.85. The average Bonchev–Trinajstić information content (AvgIpc) is 2.28. The number of hydrogen-bond donors (Lipinski definition) is 1. The molecule has 0 unspecified atom stereocenters. The first-order valence-corrected chi connectivity index (χ1v) is 5.32. The van der Waals surface area contributed by atoms with Gasteiger partial charge in [0.05, 0.1) is 12.5 Å². The number of piperidine rings is 1. The van der Waals surface area contributed by atoms with Gasteiger partial charge >= 0.3 is 5.97 Å². The smallest absolute Gasteiger partial charge is 0.309 e. The van der Waals surface area contributed by atoms with Gasteiger partial charge in [-0.25, -0.2) is 0 Å². The molecule has 1 saturated heterocycles. The fourth-order valence-electron chi connectivity index (χ4n) is 1.75. The lowest BCUT2D eigenvalue weighted by Gasteiger charge is -2.31. The summed E-state index contributed by atoms with van der Waals surface area (Å²) in [5, 5.41) is 0. The summed E-state index contributed by atoms with van der Waals surface area (Å²) in [5.74, 6) is 0.507. The van der Waals surface area contributed by atoms with Crippen LogP contribution in [0.5, 0.6) is 0 Å². The van der Waals surface area contributed by atoms with Crippen LogP contribution in [0.15, 0.2) is 4.99 Å². The van der Waals surface area contributed by atoms with Gasteiger partial charge in [-0.05, 0) is 19.8 Å². The molecule has 1 aliphatic heterocycles. The molecule has 0 amide bonds. The number of carbonyl (C=O) groups is 1. The molecule has 0 saturated carbocycles. The topological polar surface area (TPSA) is 67.9 Å². The highest BCUT2D eigenvalue weighted by Gasteiger charge is 2.26. The molecule has 1 fully saturated rings. The van der Waals surface area contributed by atoms with E-state index < -0.39 is 0 Å². The average molecular weight is 341 g/mol. The molecule has 0 aromatic carbocycles. The van der Waals surface area contributed by atoms with Crippen LogP contribution < -0.4 is 5.73 Å². The molecule has 0 aromatic heterocycles. The first-order valence-electron chi connectivity index (χ1n) is 5.32. The summed E-state index contributed by atoms with van der Waals surface area (Å²) < 4.78 is 4.98. The minimum atomic E-state index is -0.0795. The van der Waals surface area contributed by atoms with Gasteiger partial charge in [0, 0.05) is 20.1 Å². The van der Waals surface area contributed by atoms with Crippen LogP contribution in [0.1, 0.15) is 19.8 Å². The van der Waals surface area contributed by atoms with E-state index in [0.29, 0.717) is 12.6 Å². The van der Waals surface area contributed by atoms with Crippen molar-refractivity contribution >= 4 is 35.9 Å². The van der Waals surface area contributed by atoms with Crippen LogP contribution >= 0.6 is 24.0 Å². The Morgan fingerprint density at radius 1 is 1.50 bits per heavy atom. The Labute approximate surface area is 113 Å². The summed E-state index contributed by atoms with van der Waals surface area (Å²) in [6.07, 6.45) is 1.60. The van der Waals surface area contributed by atoms with Crippen molar-refractivity contribution in [2.75, 3.05) is 26.7 Å². The molecular formula is C10H20IN3O2. The van der Waals surface area contributed by atoms with Crippen molar-refractivity contribution in [3.8, 4) is 0 Å². The number of guanidine groups is 1. The van der Waals surface area contributed by atoms with Gasteiger partial charge in [0.15, 0.2) is 5.96 Å². The molecule has 94 valence electrons. The Hall–Kier alpha value is -0.530. The van der Waals surface area contributed by atoms with Crippen LogP contribution in [0, 0.1) is 5.92 Å². The zero-order valence-corrected chi connectivity index (χ0v) is 12.1. The van der Waals surface area contributed by atoms with Crippen LogP contribution in [0.4, 0.5) is 0 Å². The molecule has 0 radical (unpaired) electrons. The number of nitrogens with zero attached hydrogens (tertiary/aromatic N) is 2. The van der Waals surface area contributed by atoms with Crippen molar-refractivity contribution in [2.45, 2.75) is 19.8 Å². The number of esters is 1. The summed E-state index contributed by atoms with van der Waals surface area (Å²) in [6, 6.07) is 0. The Bertz CT molecular complexity index is 250. The molecule has 0 bridgehead atoms. The monoisotopic (exact) mass is 341 g/mol. The number of aliphatic imine (C=N–C) groups is 1. The van der Waals surface area contributed by atoms with E-state index >= 15 is 0 Å². The lowest BCUT2D eigenvalue weighted by molar-refractivity contribution is -0.149. The van der Waals surface area contributed by atoms with Gasteiger partial charge in [-0.1, -0.05) is 0 Å². The van der Waals surface area contributed by atoms with Gasteiger partial charge in [-0.15, -0.1) is 24.0 Å². The highest BCUT2D eigenvalue weighted by Crippen LogP contribution is 2.18. The van der Waals surface area contributed by atoms with E-state index in [1.54, 1.807) is 7.05 Å². The number of likely N-dealkylation sites (tertiary alicyclic amines) is 1. The molecule has 2 N–H and O–H groups in total. The van der Waals surface area contributed by atoms with Crippen LogP contribution in [-0.4, -0.2) is 43.6 Å². The SMILES string of the molecule is CCOC(=O)C1CCN(C(N)=NC)CC1.I. The summed E-state index contributed by atoms with van der Waals surface area (Å²) in [4.78, 5) is 17.4. The van der Waals surface area contributed by atoms with Crippen LogP contribution in [-0.2, 0) is 9.53 Å². The molecule has 1 aliphatic rings. The van der Waals surface area contributed by atoms with Crippen molar-refractivity contribution < 1.29 is 9.53 Å². The Balaban J connectivity index is 0.00000225. The third-order valence-corrected chi connectivity index (χ3v) is 2.67. The van der Waals surface area contributed by atoms with Crippen molar-refractivity contribution in [1.82, 2.24) is 4.90 Å². The van der Waals surface area contributed by atoms with Crippen LogP contribution in [0.2, 0.25) is 0 Å². The van der Waals surface area contributed by atoms with Crippen molar-refractivity contribution in [2.24, 2.45) is 16.6 Å². The lowest BCUT2D eigenvalue weighted by Crippen LogP contribution is -2.44. The van der Waals surface area contributed by atoms with Gasteiger partial charge in [-0.3, -0.25) is 9.79 Å². The van der Waals surface area contributed by atoms with Crippen LogP contribution in [0.3, 0.4) is 0 Å². The second-order valence-electron chi connectivity index (χ2n) is 3.60. The second-order valence-corrected chi connectivity index (χ2v) is 3.60. The molecular weight excluding hydrogens is 321 g/mol. The van der Waals surface area contributed by atoms with E-state index in [1.807, 2.05) is 11.8 Å². The molecule has 5 nitrogen and oxygen atoms in total. The minimum Gasteiger partial charge on any atom is -0.466 e. The van der Waals surface area contributed by atoms with Gasteiger partial charge < -0.3 is 15.4 Å². The number of rotatable bonds is 2. The number of nitrogens with two attached hydrogens (primary N) is 1. The van der Waals surface area contributed by atoms with E-state index in [2.05, 4.69) is 4.99 Å². The fourth-order valence-corrected chi connectivity index (χ4v) is 1.75. The highest BCUT2D eigenvalue weighted by molar-refractivity contribution is 14.0. The van der Waals surface area contributed by atoms with E-state index in [-0.39, 0.29) is 35.9 Å². The Morgan fingerprint density at radius 3 is 2.50 bits per heavy atom. The fraction of sp³-hybridized carbons (Fsp3) is 0.800. The van der Waals surface area contributed by atoms with Crippen molar-refractivity contribution in [3.05, 3.63) is 0 Å². The zero-order chi connectivity index (χ0) is 11.3. The Kier molecular flexibility index (Phi) is 7.44. The number of carbonyl (C=O) groups excluding carboxylic acids is 1. The molecule has 1 heterocycles. The Morgan fingerprint density at radius 2 is 2.06 bits per heavy atom. The predicted molar refractivity (Wildman–Crippen MR) is 73.9 cm³/mol. The molecule has 1 rings (SSSR count). The summed E-state index contributed by atoms with van der Waals surface area (Å²) in [7, 11) is 1.67. The van der Waals surface area contributed by atoms with Crippen molar-refractivity contribution in [1.29, 1.82) is 0 Å². The minimum absolute atomic E-state index is 0. The normalized spacial score (nSPS) is 17.9. The van der Waals surface area contributed by atoms with Gasteiger partial charge in [0.1, 0.15) is 0 Å². The molecule has 0 spiro atoms. The zero-order valence-electron chi connectivity index (χ0n) is 9.81. The number of hydrogen-bond acceptors (Lipinski definition) is 3. The van der Waals surface area contributed by atoms with Gasteiger partial charge in [0.25, 0.3) is 0 Å². The number of ether oxygens (including phenoxy) is 1. The first kappa shape index (κ1) is 15.5. The van der Waals surface area contributed by atoms with E-state index in [9.17, 15) is 4.79 Å².